The van der Waals surface area contributed by atoms with Gasteiger partial charge in [0.05, 0.1) is 11.9 Å². The molecular formula is C24H28F3N5O6S. The molecule has 0 spiro atoms. The lowest BCUT2D eigenvalue weighted by atomic mass is 10.3. The van der Waals surface area contributed by atoms with Crippen molar-refractivity contribution in [1.29, 1.82) is 0 Å². The summed E-state index contributed by atoms with van der Waals surface area (Å²) in [6, 6.07) is 5.20. The highest BCUT2D eigenvalue weighted by Crippen LogP contribution is 2.33. The Balaban J connectivity index is 1.59. The maximum atomic E-state index is 13.4. The molecule has 1 aromatic carbocycles. The molecule has 2 aromatic heterocycles. The van der Waals surface area contributed by atoms with Crippen molar-refractivity contribution in [3.8, 4) is 17.5 Å². The van der Waals surface area contributed by atoms with E-state index in [1.54, 1.807) is 16.3 Å². The molecule has 0 amide bonds. The second-order valence-corrected chi connectivity index (χ2v) is 10.2. The largest absolute Gasteiger partial charge is 0.573 e. The second-order valence-electron chi connectivity index (χ2n) is 8.75. The smallest absolute Gasteiger partial charge is 0.490 e. The summed E-state index contributed by atoms with van der Waals surface area (Å²) in [5.41, 5.74) is -0.779. The summed E-state index contributed by atoms with van der Waals surface area (Å²) < 4.78 is 56.7. The zero-order chi connectivity index (χ0) is 28.3. The van der Waals surface area contributed by atoms with Crippen LogP contribution in [0.5, 0.6) is 17.5 Å². The normalized spacial score (nSPS) is 15.6. The van der Waals surface area contributed by atoms with Gasteiger partial charge in [-0.3, -0.25) is 18.5 Å². The van der Waals surface area contributed by atoms with Gasteiger partial charge in [-0.25, -0.2) is 4.79 Å². The van der Waals surface area contributed by atoms with Crippen LogP contribution in [-0.4, -0.2) is 67.3 Å². The van der Waals surface area contributed by atoms with Gasteiger partial charge in [0.1, 0.15) is 24.7 Å². The topological polar surface area (TPSA) is 113 Å². The van der Waals surface area contributed by atoms with Crippen LogP contribution in [0, 0.1) is 0 Å². The molecule has 11 nitrogen and oxygen atoms in total. The van der Waals surface area contributed by atoms with Crippen molar-refractivity contribution < 1.29 is 32.5 Å². The number of halogens is 3. The van der Waals surface area contributed by atoms with E-state index < -0.39 is 23.4 Å². The summed E-state index contributed by atoms with van der Waals surface area (Å²) in [5.74, 6) is -0.267. The van der Waals surface area contributed by atoms with E-state index in [0.29, 0.717) is 6.54 Å². The van der Waals surface area contributed by atoms with Crippen molar-refractivity contribution in [3.05, 3.63) is 56.2 Å². The molecular weight excluding hydrogens is 543 g/mol. The van der Waals surface area contributed by atoms with Crippen molar-refractivity contribution in [3.63, 3.8) is 0 Å². The minimum Gasteiger partial charge on any atom is -0.490 e. The first-order chi connectivity index (χ1) is 18.5. The molecule has 0 saturated heterocycles. The average Bonchev–Trinajstić information content (AvgIpc) is 3.38. The quantitative estimate of drug-likeness (QED) is 0.347. The number of aromatic nitrogens is 4. The molecule has 212 valence electrons. The second kappa shape index (κ2) is 11.7. The molecule has 1 N–H and O–H groups in total. The van der Waals surface area contributed by atoms with Gasteiger partial charge in [0, 0.05) is 39.5 Å². The Morgan fingerprint density at radius 1 is 1.10 bits per heavy atom. The fourth-order valence-corrected chi connectivity index (χ4v) is 5.24. The molecule has 1 unspecified atom stereocenters. The summed E-state index contributed by atoms with van der Waals surface area (Å²) in [5, 5.41) is 9.15. The summed E-state index contributed by atoms with van der Waals surface area (Å²) in [4.78, 5) is 33.8. The Labute approximate surface area is 225 Å². The van der Waals surface area contributed by atoms with Crippen LogP contribution < -0.4 is 25.5 Å². The predicted molar refractivity (Wildman–Crippen MR) is 138 cm³/mol. The van der Waals surface area contributed by atoms with Crippen molar-refractivity contribution in [2.75, 3.05) is 26.9 Å². The van der Waals surface area contributed by atoms with Crippen LogP contribution in [0.25, 0.3) is 11.2 Å². The fourth-order valence-electron chi connectivity index (χ4n) is 4.13. The van der Waals surface area contributed by atoms with Crippen LogP contribution in [0.4, 0.5) is 13.2 Å². The van der Waals surface area contributed by atoms with Crippen LogP contribution in [0.1, 0.15) is 13.3 Å². The SMILES string of the molecule is CC1=CN(C)C(Cn2c(OCCOc3cccc(OC(F)(F)F)c3)nc3c2c(=O)n(CCCO)c(=O)n3C)S1. The van der Waals surface area contributed by atoms with Crippen LogP contribution >= 0.6 is 11.8 Å². The number of imidazole rings is 1. The van der Waals surface area contributed by atoms with Gasteiger partial charge in [-0.15, -0.1) is 24.9 Å². The number of alkyl halides is 3. The summed E-state index contributed by atoms with van der Waals surface area (Å²) in [6.07, 6.45) is -2.61. The molecule has 0 radical (unpaired) electrons. The van der Waals surface area contributed by atoms with Gasteiger partial charge >= 0.3 is 12.1 Å². The number of aryl methyl sites for hydroxylation is 1. The van der Waals surface area contributed by atoms with Gasteiger partial charge < -0.3 is 24.2 Å². The van der Waals surface area contributed by atoms with Crippen molar-refractivity contribution in [1.82, 2.24) is 23.6 Å². The molecule has 0 bridgehead atoms. The first-order valence-electron chi connectivity index (χ1n) is 12.0. The van der Waals surface area contributed by atoms with Gasteiger partial charge in [0.15, 0.2) is 11.2 Å². The molecule has 1 aliphatic heterocycles. The van der Waals surface area contributed by atoms with E-state index in [9.17, 15) is 27.9 Å². The Kier molecular flexibility index (Phi) is 8.49. The lowest BCUT2D eigenvalue weighted by Crippen LogP contribution is -2.40. The molecule has 0 aliphatic carbocycles. The van der Waals surface area contributed by atoms with E-state index in [-0.39, 0.29) is 61.1 Å². The lowest BCUT2D eigenvalue weighted by molar-refractivity contribution is -0.274. The Bertz CT molecular complexity index is 1480. The lowest BCUT2D eigenvalue weighted by Gasteiger charge is -2.21. The molecule has 1 atom stereocenters. The number of ether oxygens (including phenoxy) is 3. The van der Waals surface area contributed by atoms with Gasteiger partial charge in [-0.2, -0.15) is 4.98 Å². The number of fused-ring (bicyclic) bond motifs is 1. The number of benzene rings is 1. The minimum absolute atomic E-state index is 0.0446. The Morgan fingerprint density at radius 2 is 1.82 bits per heavy atom. The number of aliphatic hydroxyl groups excluding tert-OH is 1. The Hall–Kier alpha value is -3.59. The number of hydrogen-bond acceptors (Lipinski definition) is 9. The van der Waals surface area contributed by atoms with Crippen molar-refractivity contribution >= 4 is 22.9 Å². The van der Waals surface area contributed by atoms with Crippen LogP contribution in [-0.2, 0) is 20.1 Å². The molecule has 39 heavy (non-hydrogen) atoms. The molecule has 0 fully saturated rings. The predicted octanol–water partition coefficient (Wildman–Crippen LogP) is 2.50. The van der Waals surface area contributed by atoms with Gasteiger partial charge in [0.25, 0.3) is 11.6 Å². The van der Waals surface area contributed by atoms with Crippen LogP contribution in [0.15, 0.2) is 45.0 Å². The summed E-state index contributed by atoms with van der Waals surface area (Å²) in [7, 11) is 3.41. The van der Waals surface area contributed by atoms with Gasteiger partial charge in [-0.1, -0.05) is 6.07 Å². The molecule has 3 heterocycles. The molecule has 0 saturated carbocycles. The first-order valence-corrected chi connectivity index (χ1v) is 12.9. The van der Waals surface area contributed by atoms with Gasteiger partial charge in [-0.05, 0) is 30.4 Å². The molecule has 4 rings (SSSR count). The first kappa shape index (κ1) is 28.4. The van der Waals surface area contributed by atoms with Crippen molar-refractivity contribution in [2.24, 2.45) is 7.05 Å². The number of nitrogens with zero attached hydrogens (tertiary/aromatic N) is 5. The Morgan fingerprint density at radius 3 is 2.49 bits per heavy atom. The minimum atomic E-state index is -4.82. The summed E-state index contributed by atoms with van der Waals surface area (Å²) in [6.45, 7) is 2.06. The van der Waals surface area contributed by atoms with E-state index in [1.165, 1.54) is 23.7 Å². The van der Waals surface area contributed by atoms with E-state index in [4.69, 9.17) is 9.47 Å². The van der Waals surface area contributed by atoms with E-state index >= 15 is 0 Å². The standard InChI is InChI=1S/C24H28F3N5O6S/c1-15-13-29(2)18(39-15)14-32-19-20(30(3)23(35)31(21(19)34)8-5-9-33)28-22(32)37-11-10-36-16-6-4-7-17(12-16)38-24(25,26)27/h4,6-7,12-13,18,33H,5,8-11,14H2,1-3H3. The number of rotatable bonds is 11. The molecule has 1 aliphatic rings. The van der Waals surface area contributed by atoms with Crippen LogP contribution in [0.2, 0.25) is 0 Å². The van der Waals surface area contributed by atoms with Crippen molar-refractivity contribution in [2.45, 2.75) is 38.2 Å². The van der Waals surface area contributed by atoms with Crippen LogP contribution in [0.3, 0.4) is 0 Å². The van der Waals surface area contributed by atoms with Gasteiger partial charge in [0.2, 0.25) is 0 Å². The number of hydrogen-bond donors (Lipinski definition) is 1. The maximum absolute atomic E-state index is 13.4. The highest BCUT2D eigenvalue weighted by molar-refractivity contribution is 8.03. The highest BCUT2D eigenvalue weighted by Gasteiger charge is 2.31. The van der Waals surface area contributed by atoms with E-state index in [2.05, 4.69) is 9.72 Å². The maximum Gasteiger partial charge on any atom is 0.573 e. The highest BCUT2D eigenvalue weighted by atomic mass is 32.2. The van der Waals surface area contributed by atoms with E-state index in [1.807, 2.05) is 25.1 Å². The monoisotopic (exact) mass is 571 g/mol. The average molecular weight is 572 g/mol. The number of thioether (sulfide) groups is 1. The zero-order valence-corrected chi connectivity index (χ0v) is 22.3. The number of likely N-dealkylation sites (N-methyl/N-ethyl adjacent to an activating group) is 1. The number of aliphatic hydroxyl groups is 1. The zero-order valence-electron chi connectivity index (χ0n) is 21.5. The third-order valence-electron chi connectivity index (χ3n) is 5.86. The third-order valence-corrected chi connectivity index (χ3v) is 7.09. The van der Waals surface area contributed by atoms with E-state index in [0.717, 1.165) is 21.6 Å². The molecule has 15 heteroatoms. The summed E-state index contributed by atoms with van der Waals surface area (Å²) >= 11 is 1.61. The fraction of sp³-hybridized carbons (Fsp3) is 0.458. The number of allylic oxidation sites excluding steroid dienone is 1. The third kappa shape index (κ3) is 6.53. The molecule has 3 aromatic rings.